The van der Waals surface area contributed by atoms with Gasteiger partial charge in [0.15, 0.2) is 5.69 Å². The zero-order valence-corrected chi connectivity index (χ0v) is 15.6. The first-order valence-corrected chi connectivity index (χ1v) is 8.57. The summed E-state index contributed by atoms with van der Waals surface area (Å²) in [6, 6.07) is 12.4. The highest BCUT2D eigenvalue weighted by atomic mass is 35.5. The molecule has 2 N–H and O–H groups in total. The molecule has 0 spiro atoms. The fourth-order valence-electron chi connectivity index (χ4n) is 2.35. The van der Waals surface area contributed by atoms with Crippen molar-refractivity contribution in [2.45, 2.75) is 13.5 Å². The molecule has 0 aliphatic rings. The molecule has 1 amide bonds. The van der Waals surface area contributed by atoms with E-state index in [1.54, 1.807) is 30.5 Å². The molecule has 0 unspecified atom stereocenters. The van der Waals surface area contributed by atoms with E-state index in [4.69, 9.17) is 16.3 Å². The molecule has 3 rings (SSSR count). The second kappa shape index (κ2) is 8.46. The monoisotopic (exact) mass is 383 g/mol. The van der Waals surface area contributed by atoms with Gasteiger partial charge in [-0.05, 0) is 42.8 Å². The van der Waals surface area contributed by atoms with Crippen molar-refractivity contribution in [3.63, 3.8) is 0 Å². The number of nitrogens with one attached hydrogen (secondary N) is 2. The van der Waals surface area contributed by atoms with Crippen LogP contribution in [0.1, 0.15) is 21.7 Å². The first kappa shape index (κ1) is 18.6. The number of hydrogen-bond donors (Lipinski definition) is 2. The maximum atomic E-state index is 12.4. The predicted molar refractivity (Wildman–Crippen MR) is 104 cm³/mol. The molecule has 8 heteroatoms. The molecule has 1 aromatic carbocycles. The van der Waals surface area contributed by atoms with Crippen molar-refractivity contribution in [1.29, 1.82) is 0 Å². The average Bonchev–Trinajstić information content (AvgIpc) is 2.70. The number of carbonyl (C=O) groups excluding carboxylic acids is 1. The molecule has 0 radical (unpaired) electrons. The summed E-state index contributed by atoms with van der Waals surface area (Å²) in [5.41, 5.74) is 2.41. The van der Waals surface area contributed by atoms with Gasteiger partial charge in [0.1, 0.15) is 11.6 Å². The Morgan fingerprint density at radius 1 is 1.19 bits per heavy atom. The van der Waals surface area contributed by atoms with Crippen LogP contribution in [0.15, 0.2) is 48.7 Å². The van der Waals surface area contributed by atoms with Crippen molar-refractivity contribution in [3.8, 4) is 5.75 Å². The minimum absolute atomic E-state index is 0.188. The number of anilines is 2. The third-order valence-electron chi connectivity index (χ3n) is 3.80. The fraction of sp³-hybridized carbons (Fsp3) is 0.158. The van der Waals surface area contributed by atoms with Crippen LogP contribution in [0.5, 0.6) is 5.75 Å². The molecule has 0 aliphatic carbocycles. The maximum Gasteiger partial charge on any atom is 0.276 e. The molecule has 0 saturated carbocycles. The summed E-state index contributed by atoms with van der Waals surface area (Å²) in [6.07, 6.45) is 1.73. The van der Waals surface area contributed by atoms with Gasteiger partial charge in [0.25, 0.3) is 5.91 Å². The number of nitrogens with zero attached hydrogens (tertiary/aromatic N) is 3. The quantitative estimate of drug-likeness (QED) is 0.674. The Morgan fingerprint density at radius 3 is 2.70 bits per heavy atom. The summed E-state index contributed by atoms with van der Waals surface area (Å²) < 4.78 is 5.26. The molecule has 3 aromatic rings. The average molecular weight is 384 g/mol. The van der Waals surface area contributed by atoms with Gasteiger partial charge in [-0.1, -0.05) is 17.7 Å². The van der Waals surface area contributed by atoms with E-state index >= 15 is 0 Å². The van der Waals surface area contributed by atoms with E-state index in [0.29, 0.717) is 28.8 Å². The van der Waals surface area contributed by atoms with Gasteiger partial charge in [0, 0.05) is 17.3 Å². The standard InChI is InChI=1S/C19H18ClN5O2/c1-12-9-16(17(27-2)10-14(12)20)23-19(26)15-6-7-18(25-24-15)22-11-13-5-3-4-8-21-13/h3-10H,11H2,1-2H3,(H,22,25)(H,23,26). The number of hydrogen-bond acceptors (Lipinski definition) is 6. The van der Waals surface area contributed by atoms with E-state index in [9.17, 15) is 4.79 Å². The van der Waals surface area contributed by atoms with Gasteiger partial charge in [-0.3, -0.25) is 9.78 Å². The zero-order chi connectivity index (χ0) is 19.2. The number of rotatable bonds is 6. The summed E-state index contributed by atoms with van der Waals surface area (Å²) in [7, 11) is 1.51. The largest absolute Gasteiger partial charge is 0.495 e. The maximum absolute atomic E-state index is 12.4. The third-order valence-corrected chi connectivity index (χ3v) is 4.21. The fourth-order valence-corrected chi connectivity index (χ4v) is 2.50. The van der Waals surface area contributed by atoms with Crippen LogP contribution >= 0.6 is 11.6 Å². The van der Waals surface area contributed by atoms with Gasteiger partial charge < -0.3 is 15.4 Å². The zero-order valence-electron chi connectivity index (χ0n) is 14.9. The Bertz CT molecular complexity index is 933. The van der Waals surface area contributed by atoms with E-state index < -0.39 is 5.91 Å². The normalized spacial score (nSPS) is 10.3. The van der Waals surface area contributed by atoms with Gasteiger partial charge >= 0.3 is 0 Å². The number of aromatic nitrogens is 3. The molecule has 0 fully saturated rings. The van der Waals surface area contributed by atoms with Gasteiger partial charge in [0.2, 0.25) is 0 Å². The van der Waals surface area contributed by atoms with Crippen LogP contribution in [0.3, 0.4) is 0 Å². The topological polar surface area (TPSA) is 89.0 Å². The number of ether oxygens (including phenoxy) is 1. The molecular formula is C19H18ClN5O2. The van der Waals surface area contributed by atoms with Crippen LogP contribution in [0, 0.1) is 6.92 Å². The van der Waals surface area contributed by atoms with Gasteiger partial charge in [-0.2, -0.15) is 0 Å². The summed E-state index contributed by atoms with van der Waals surface area (Å²) in [5.74, 6) is 0.636. The van der Waals surface area contributed by atoms with Crippen molar-refractivity contribution in [2.75, 3.05) is 17.7 Å². The lowest BCUT2D eigenvalue weighted by Crippen LogP contribution is -2.15. The van der Waals surface area contributed by atoms with Crippen molar-refractivity contribution in [1.82, 2.24) is 15.2 Å². The molecular weight excluding hydrogens is 366 g/mol. The first-order valence-electron chi connectivity index (χ1n) is 8.20. The predicted octanol–water partition coefficient (Wildman–Crippen LogP) is 3.71. The number of benzene rings is 1. The van der Waals surface area contributed by atoms with Crippen LogP contribution in [-0.4, -0.2) is 28.2 Å². The summed E-state index contributed by atoms with van der Waals surface area (Å²) in [6.45, 7) is 2.36. The van der Waals surface area contributed by atoms with Crippen molar-refractivity contribution in [2.24, 2.45) is 0 Å². The Labute approximate surface area is 161 Å². The van der Waals surface area contributed by atoms with Crippen LogP contribution < -0.4 is 15.4 Å². The summed E-state index contributed by atoms with van der Waals surface area (Å²) in [5, 5.41) is 14.4. The number of methoxy groups -OCH3 is 1. The molecule has 0 aliphatic heterocycles. The molecule has 138 valence electrons. The van der Waals surface area contributed by atoms with Gasteiger partial charge in [0.05, 0.1) is 25.0 Å². The van der Waals surface area contributed by atoms with E-state index in [1.165, 1.54) is 7.11 Å². The van der Waals surface area contributed by atoms with E-state index in [2.05, 4.69) is 25.8 Å². The smallest absolute Gasteiger partial charge is 0.276 e. The highest BCUT2D eigenvalue weighted by Gasteiger charge is 2.13. The Balaban J connectivity index is 1.66. The number of aryl methyl sites for hydroxylation is 1. The van der Waals surface area contributed by atoms with Crippen LogP contribution in [0.25, 0.3) is 0 Å². The summed E-state index contributed by atoms with van der Waals surface area (Å²) in [4.78, 5) is 16.7. The molecule has 27 heavy (non-hydrogen) atoms. The van der Waals surface area contributed by atoms with Crippen LogP contribution in [-0.2, 0) is 6.54 Å². The lowest BCUT2D eigenvalue weighted by molar-refractivity contribution is 0.102. The van der Waals surface area contributed by atoms with Crippen LogP contribution in [0.2, 0.25) is 5.02 Å². The molecule has 0 saturated heterocycles. The van der Waals surface area contributed by atoms with E-state index in [1.807, 2.05) is 25.1 Å². The molecule has 0 atom stereocenters. The molecule has 0 bridgehead atoms. The molecule has 2 aromatic heterocycles. The number of halogens is 1. The number of pyridine rings is 1. The summed E-state index contributed by atoms with van der Waals surface area (Å²) >= 11 is 6.08. The van der Waals surface area contributed by atoms with E-state index in [-0.39, 0.29) is 5.69 Å². The minimum atomic E-state index is -0.390. The lowest BCUT2D eigenvalue weighted by Gasteiger charge is -2.12. The third kappa shape index (κ3) is 4.71. The van der Waals surface area contributed by atoms with Crippen LogP contribution in [0.4, 0.5) is 11.5 Å². The molecule has 7 nitrogen and oxygen atoms in total. The Morgan fingerprint density at radius 2 is 2.04 bits per heavy atom. The van der Waals surface area contributed by atoms with Gasteiger partial charge in [-0.25, -0.2) is 0 Å². The highest BCUT2D eigenvalue weighted by Crippen LogP contribution is 2.31. The molecule has 2 heterocycles. The van der Waals surface area contributed by atoms with Crippen molar-refractivity contribution < 1.29 is 9.53 Å². The minimum Gasteiger partial charge on any atom is -0.495 e. The van der Waals surface area contributed by atoms with Crippen molar-refractivity contribution >= 4 is 29.0 Å². The second-order valence-electron chi connectivity index (χ2n) is 5.73. The Hall–Kier alpha value is -3.19. The van der Waals surface area contributed by atoms with Crippen molar-refractivity contribution in [3.05, 3.63) is 70.6 Å². The Kier molecular flexibility index (Phi) is 5.83. The second-order valence-corrected chi connectivity index (χ2v) is 6.14. The number of carbonyl (C=O) groups is 1. The highest BCUT2D eigenvalue weighted by molar-refractivity contribution is 6.31. The van der Waals surface area contributed by atoms with E-state index in [0.717, 1.165) is 11.3 Å². The SMILES string of the molecule is COc1cc(Cl)c(C)cc1NC(=O)c1ccc(NCc2ccccn2)nn1. The first-order chi connectivity index (χ1) is 13.1. The van der Waals surface area contributed by atoms with Gasteiger partial charge in [-0.15, -0.1) is 10.2 Å². The number of amides is 1. The lowest BCUT2D eigenvalue weighted by atomic mass is 10.2.